The second-order valence-electron chi connectivity index (χ2n) is 4.56. The number of benzene rings is 1. The van der Waals surface area contributed by atoms with Gasteiger partial charge in [0.05, 0.1) is 0 Å². The molecule has 0 spiro atoms. The van der Waals surface area contributed by atoms with Crippen LogP contribution in [0.25, 0.3) is 10.9 Å². The first-order valence-corrected chi connectivity index (χ1v) is 8.05. The zero-order valence-corrected chi connectivity index (χ0v) is 12.5. The second-order valence-corrected chi connectivity index (χ2v) is 6.29. The normalized spacial score (nSPS) is 11.7. The molecule has 0 aliphatic heterocycles. The van der Waals surface area contributed by atoms with Crippen LogP contribution in [0.15, 0.2) is 29.3 Å². The van der Waals surface area contributed by atoms with Crippen molar-refractivity contribution in [2.24, 2.45) is 0 Å². The predicted molar refractivity (Wildman–Crippen MR) is 81.2 cm³/mol. The summed E-state index contributed by atoms with van der Waals surface area (Å²) in [6.45, 7) is 2.37. The Bertz CT molecular complexity index is 752. The van der Waals surface area contributed by atoms with E-state index in [1.165, 1.54) is 6.20 Å². The van der Waals surface area contributed by atoms with Gasteiger partial charge in [-0.15, -0.1) is 0 Å². The molecule has 2 aromatic rings. The van der Waals surface area contributed by atoms with Crippen molar-refractivity contribution in [3.05, 3.63) is 24.4 Å². The van der Waals surface area contributed by atoms with E-state index < -0.39 is 10.0 Å². The van der Waals surface area contributed by atoms with Gasteiger partial charge in [-0.3, -0.25) is 4.79 Å². The second kappa shape index (κ2) is 6.15. The van der Waals surface area contributed by atoms with E-state index in [4.69, 9.17) is 5.73 Å². The molecule has 0 saturated heterocycles. The van der Waals surface area contributed by atoms with E-state index >= 15 is 0 Å². The number of carbonyl (C=O) groups is 1. The van der Waals surface area contributed by atoms with Crippen LogP contribution in [0.2, 0.25) is 0 Å². The van der Waals surface area contributed by atoms with Crippen LogP contribution in [0.1, 0.15) is 13.3 Å². The molecular weight excluding hydrogens is 292 g/mol. The number of nitrogens with two attached hydrogens (primary N) is 1. The molecule has 0 radical (unpaired) electrons. The monoisotopic (exact) mass is 310 g/mol. The Morgan fingerprint density at radius 1 is 1.38 bits per heavy atom. The SMILES string of the molecule is CCNC(=O)CCNS(=O)(=O)c1c[nH]c2ccc(N)cc12. The molecule has 0 unspecified atom stereocenters. The Hall–Kier alpha value is -2.06. The Labute approximate surface area is 123 Å². The minimum Gasteiger partial charge on any atom is -0.399 e. The van der Waals surface area contributed by atoms with Crippen molar-refractivity contribution in [2.45, 2.75) is 18.2 Å². The highest BCUT2D eigenvalue weighted by atomic mass is 32.2. The standard InChI is InChI=1S/C13H18N4O3S/c1-2-15-13(18)5-6-17-21(19,20)12-8-16-11-4-3-9(14)7-10(11)12/h3-4,7-8,16-17H,2,5-6,14H2,1H3,(H,15,18). The van der Waals surface area contributed by atoms with Crippen molar-refractivity contribution >= 4 is 32.5 Å². The van der Waals surface area contributed by atoms with E-state index in [1.54, 1.807) is 25.1 Å². The van der Waals surface area contributed by atoms with Crippen LogP contribution in [0, 0.1) is 0 Å². The van der Waals surface area contributed by atoms with Gasteiger partial charge < -0.3 is 16.0 Å². The van der Waals surface area contributed by atoms with Crippen molar-refractivity contribution in [2.75, 3.05) is 18.8 Å². The van der Waals surface area contributed by atoms with E-state index in [1.807, 2.05) is 0 Å². The summed E-state index contributed by atoms with van der Waals surface area (Å²) in [6, 6.07) is 5.01. The summed E-state index contributed by atoms with van der Waals surface area (Å²) >= 11 is 0. The first kappa shape index (κ1) is 15.3. The van der Waals surface area contributed by atoms with Crippen LogP contribution in [0.4, 0.5) is 5.69 Å². The molecule has 5 N–H and O–H groups in total. The number of anilines is 1. The molecule has 0 aliphatic carbocycles. The van der Waals surface area contributed by atoms with Crippen LogP contribution in [-0.2, 0) is 14.8 Å². The van der Waals surface area contributed by atoms with Crippen molar-refractivity contribution < 1.29 is 13.2 Å². The Morgan fingerprint density at radius 3 is 2.86 bits per heavy atom. The number of carbonyl (C=O) groups excluding carboxylic acids is 1. The first-order valence-electron chi connectivity index (χ1n) is 6.57. The quantitative estimate of drug-likeness (QED) is 0.583. The maximum absolute atomic E-state index is 12.3. The molecule has 2 rings (SSSR count). The van der Waals surface area contributed by atoms with E-state index in [9.17, 15) is 13.2 Å². The van der Waals surface area contributed by atoms with Crippen molar-refractivity contribution in [1.29, 1.82) is 0 Å². The summed E-state index contributed by atoms with van der Waals surface area (Å²) in [4.78, 5) is 14.3. The molecule has 1 aromatic heterocycles. The zero-order chi connectivity index (χ0) is 15.5. The summed E-state index contributed by atoms with van der Waals surface area (Å²) < 4.78 is 26.9. The van der Waals surface area contributed by atoms with E-state index in [0.717, 1.165) is 0 Å². The van der Waals surface area contributed by atoms with E-state index in [0.29, 0.717) is 23.1 Å². The fourth-order valence-corrected chi connectivity index (χ4v) is 3.20. The minimum atomic E-state index is -3.69. The molecule has 7 nitrogen and oxygen atoms in total. The van der Waals surface area contributed by atoms with Crippen LogP contribution >= 0.6 is 0 Å². The van der Waals surface area contributed by atoms with Crippen molar-refractivity contribution in [3.63, 3.8) is 0 Å². The number of hydrogen-bond donors (Lipinski definition) is 4. The maximum Gasteiger partial charge on any atom is 0.242 e. The molecule has 114 valence electrons. The molecule has 0 atom stereocenters. The maximum atomic E-state index is 12.3. The lowest BCUT2D eigenvalue weighted by Gasteiger charge is -2.06. The van der Waals surface area contributed by atoms with Gasteiger partial charge in [0, 0.05) is 42.3 Å². The number of nitrogen functional groups attached to an aromatic ring is 1. The van der Waals surface area contributed by atoms with Crippen molar-refractivity contribution in [1.82, 2.24) is 15.0 Å². The van der Waals surface area contributed by atoms with E-state index in [-0.39, 0.29) is 23.8 Å². The molecule has 0 saturated carbocycles. The highest BCUT2D eigenvalue weighted by Gasteiger charge is 2.19. The molecule has 0 bridgehead atoms. The van der Waals surface area contributed by atoms with Gasteiger partial charge in [-0.05, 0) is 25.1 Å². The Balaban J connectivity index is 2.14. The summed E-state index contributed by atoms with van der Waals surface area (Å²) in [7, 11) is -3.69. The van der Waals surface area contributed by atoms with Gasteiger partial charge in [0.15, 0.2) is 0 Å². The predicted octanol–water partition coefficient (Wildman–Crippen LogP) is 0.555. The lowest BCUT2D eigenvalue weighted by Crippen LogP contribution is -2.30. The van der Waals surface area contributed by atoms with Crippen molar-refractivity contribution in [3.8, 4) is 0 Å². The largest absolute Gasteiger partial charge is 0.399 e. The number of sulfonamides is 1. The van der Waals surface area contributed by atoms with Gasteiger partial charge in [-0.1, -0.05) is 0 Å². The topological polar surface area (TPSA) is 117 Å². The average Bonchev–Trinajstić information content (AvgIpc) is 2.82. The molecule has 1 amide bonds. The number of amides is 1. The Morgan fingerprint density at radius 2 is 2.14 bits per heavy atom. The minimum absolute atomic E-state index is 0.0448. The van der Waals surface area contributed by atoms with Gasteiger partial charge in [0.25, 0.3) is 0 Å². The smallest absolute Gasteiger partial charge is 0.242 e. The molecule has 0 fully saturated rings. The van der Waals surface area contributed by atoms with Gasteiger partial charge >= 0.3 is 0 Å². The third-order valence-electron chi connectivity index (χ3n) is 2.98. The number of fused-ring (bicyclic) bond motifs is 1. The van der Waals surface area contributed by atoms with Gasteiger partial charge in [0.2, 0.25) is 15.9 Å². The van der Waals surface area contributed by atoms with Gasteiger partial charge in [-0.25, -0.2) is 13.1 Å². The van der Waals surface area contributed by atoms with Crippen LogP contribution < -0.4 is 15.8 Å². The summed E-state index contributed by atoms with van der Waals surface area (Å²) in [6.07, 6.45) is 1.51. The van der Waals surface area contributed by atoms with Gasteiger partial charge in [0.1, 0.15) is 4.90 Å². The first-order chi connectivity index (χ1) is 9.94. The molecule has 8 heteroatoms. The summed E-state index contributed by atoms with van der Waals surface area (Å²) in [5.74, 6) is -0.191. The Kier molecular flexibility index (Phi) is 4.49. The molecule has 1 heterocycles. The average molecular weight is 310 g/mol. The number of H-pyrrole nitrogens is 1. The third kappa shape index (κ3) is 3.53. The summed E-state index contributed by atoms with van der Waals surface area (Å²) in [5, 5.41) is 3.14. The zero-order valence-electron chi connectivity index (χ0n) is 11.6. The number of aromatic nitrogens is 1. The van der Waals surface area contributed by atoms with Gasteiger partial charge in [-0.2, -0.15) is 0 Å². The number of nitrogens with one attached hydrogen (secondary N) is 3. The highest BCUT2D eigenvalue weighted by Crippen LogP contribution is 2.24. The number of hydrogen-bond acceptors (Lipinski definition) is 4. The fourth-order valence-electron chi connectivity index (χ4n) is 2.00. The number of rotatable bonds is 6. The lowest BCUT2D eigenvalue weighted by atomic mass is 10.2. The lowest BCUT2D eigenvalue weighted by molar-refractivity contribution is -0.120. The summed E-state index contributed by atoms with van der Waals surface area (Å²) in [5.41, 5.74) is 6.86. The highest BCUT2D eigenvalue weighted by molar-refractivity contribution is 7.89. The third-order valence-corrected chi connectivity index (χ3v) is 4.48. The van der Waals surface area contributed by atoms with E-state index in [2.05, 4.69) is 15.0 Å². The molecule has 0 aliphatic rings. The molecular formula is C13H18N4O3S. The molecule has 21 heavy (non-hydrogen) atoms. The van der Waals surface area contributed by atoms with Crippen LogP contribution in [0.5, 0.6) is 0 Å². The van der Waals surface area contributed by atoms with Crippen LogP contribution in [0.3, 0.4) is 0 Å². The fraction of sp³-hybridized carbons (Fsp3) is 0.308. The van der Waals surface area contributed by atoms with Crippen LogP contribution in [-0.4, -0.2) is 32.4 Å². The molecule has 1 aromatic carbocycles. The number of aromatic amines is 1.